The predicted octanol–water partition coefficient (Wildman–Crippen LogP) is 21.6. The lowest BCUT2D eigenvalue weighted by Crippen LogP contribution is -2.15. The first-order valence-corrected chi connectivity index (χ1v) is 30.6. The summed E-state index contributed by atoms with van der Waals surface area (Å²) in [5, 5.41) is 10.2. The molecule has 2 aliphatic carbocycles. The van der Waals surface area contributed by atoms with E-state index >= 15 is 0 Å². The molecule has 85 heavy (non-hydrogen) atoms. The molecule has 16 rings (SSSR count). The van der Waals surface area contributed by atoms with Crippen molar-refractivity contribution in [1.82, 2.24) is 0 Å². The maximum Gasteiger partial charge on any atom is 0.0136 e. The standard InChI is InChI=1S/C85H64/c1-3-15-56(16-4-1)43-76-52-68-23-11-13-25-77(68)84-54-72(39-41-79(76)84)81(70-37-35-66-46-62-19-7-9-21-64(62)48-74(66)50-70)44-57-27-31-59(32-28-57)60-33-29-58(30-34-60)45-82(71-38-36-67-47-63-20-8-10-22-65(63)49-75(67)51-71)73-40-42-80-83(61-17-5-2-6-18-61)53-69-24-12-14-26-78(69)85(80)55-73/h1-42,46-51,54-55,76,81-83H,43-45,52-53H2. The van der Waals surface area contributed by atoms with E-state index in [0.29, 0.717) is 11.8 Å². The Labute approximate surface area is 499 Å². The maximum absolute atomic E-state index is 2.55. The molecule has 404 valence electrons. The van der Waals surface area contributed by atoms with Crippen molar-refractivity contribution >= 4 is 43.1 Å². The number of hydrogen-bond donors (Lipinski definition) is 0. The Hall–Kier alpha value is -9.88. The van der Waals surface area contributed by atoms with Crippen molar-refractivity contribution in [3.63, 3.8) is 0 Å². The van der Waals surface area contributed by atoms with E-state index in [0.717, 1.165) is 32.1 Å². The third kappa shape index (κ3) is 9.82. The average molecular weight is 1090 g/mol. The Balaban J connectivity index is 0.727. The largest absolute Gasteiger partial charge is 0.0622 e. The van der Waals surface area contributed by atoms with Gasteiger partial charge in [-0.3, -0.25) is 0 Å². The van der Waals surface area contributed by atoms with Crippen molar-refractivity contribution in [1.29, 1.82) is 0 Å². The minimum Gasteiger partial charge on any atom is -0.0622 e. The third-order valence-corrected chi connectivity index (χ3v) is 19.2. The van der Waals surface area contributed by atoms with Crippen LogP contribution in [-0.2, 0) is 32.1 Å². The van der Waals surface area contributed by atoms with Crippen LogP contribution in [-0.4, -0.2) is 0 Å². The number of benzene rings is 14. The molecule has 0 spiro atoms. The van der Waals surface area contributed by atoms with E-state index in [4.69, 9.17) is 0 Å². The Morgan fingerprint density at radius 3 is 1.20 bits per heavy atom. The molecule has 4 unspecified atom stereocenters. The first-order chi connectivity index (χ1) is 42.0. The van der Waals surface area contributed by atoms with Gasteiger partial charge in [-0.1, -0.05) is 279 Å². The van der Waals surface area contributed by atoms with Crippen molar-refractivity contribution in [3.05, 3.63) is 370 Å². The average Bonchev–Trinajstić information content (AvgIpc) is 3.29. The molecule has 0 aromatic heterocycles. The summed E-state index contributed by atoms with van der Waals surface area (Å²) in [6, 6.07) is 115. The fraction of sp³-hybridized carbons (Fsp3) is 0.106. The smallest absolute Gasteiger partial charge is 0.0136 e. The van der Waals surface area contributed by atoms with Crippen molar-refractivity contribution in [3.8, 4) is 33.4 Å². The second kappa shape index (κ2) is 21.7. The Bertz CT molecular complexity index is 4800. The van der Waals surface area contributed by atoms with Gasteiger partial charge in [-0.15, -0.1) is 0 Å². The van der Waals surface area contributed by atoms with Gasteiger partial charge in [0.15, 0.2) is 0 Å². The molecule has 0 N–H and O–H groups in total. The molecule has 0 nitrogen and oxygen atoms in total. The zero-order valence-corrected chi connectivity index (χ0v) is 47.7. The van der Waals surface area contributed by atoms with E-state index in [9.17, 15) is 0 Å². The molecule has 0 amide bonds. The number of fused-ring (bicyclic) bond motifs is 10. The minimum absolute atomic E-state index is 0.144. The molecule has 0 aliphatic heterocycles. The first-order valence-electron chi connectivity index (χ1n) is 30.6. The highest BCUT2D eigenvalue weighted by Gasteiger charge is 2.29. The Kier molecular flexibility index (Phi) is 13.0. The summed E-state index contributed by atoms with van der Waals surface area (Å²) in [7, 11) is 0. The van der Waals surface area contributed by atoms with E-state index in [2.05, 4.69) is 303 Å². The van der Waals surface area contributed by atoms with Crippen LogP contribution in [0.4, 0.5) is 0 Å². The monoisotopic (exact) mass is 1080 g/mol. The second-order valence-electron chi connectivity index (χ2n) is 24.3. The molecule has 2 aliphatic rings. The Morgan fingerprint density at radius 2 is 0.671 bits per heavy atom. The van der Waals surface area contributed by atoms with Gasteiger partial charge in [0.05, 0.1) is 0 Å². The SMILES string of the molecule is c1ccc(CC2Cc3ccccc3-c3cc(C(Cc4ccc(-c5ccc(CC(c6ccc7c(c6)-c6ccccc6CC7c6ccccc6)c6ccc7cc8ccccc8cc7c6)cc5)cc4)c4ccc5cc6ccccc6cc5c4)ccc32)cc1. The first kappa shape index (κ1) is 50.8. The lowest BCUT2D eigenvalue weighted by Gasteiger charge is -2.30. The quantitative estimate of drug-likeness (QED) is 0.107. The van der Waals surface area contributed by atoms with Gasteiger partial charge in [0, 0.05) is 17.8 Å². The summed E-state index contributed by atoms with van der Waals surface area (Å²) in [5.74, 6) is 1.03. The van der Waals surface area contributed by atoms with Gasteiger partial charge in [0.1, 0.15) is 0 Å². The number of hydrogen-bond acceptors (Lipinski definition) is 0. The molecular weight excluding hydrogens is 1020 g/mol. The molecule has 4 atom stereocenters. The van der Waals surface area contributed by atoms with E-state index in [-0.39, 0.29) is 11.8 Å². The van der Waals surface area contributed by atoms with Gasteiger partial charge in [-0.25, -0.2) is 0 Å². The summed E-state index contributed by atoms with van der Waals surface area (Å²) in [6.45, 7) is 0. The molecule has 14 aromatic carbocycles. The fourth-order valence-corrected chi connectivity index (χ4v) is 14.7. The molecule has 0 heteroatoms. The van der Waals surface area contributed by atoms with E-state index < -0.39 is 0 Å². The van der Waals surface area contributed by atoms with Crippen LogP contribution < -0.4 is 0 Å². The van der Waals surface area contributed by atoms with Gasteiger partial charge >= 0.3 is 0 Å². The van der Waals surface area contributed by atoms with Crippen LogP contribution >= 0.6 is 0 Å². The zero-order valence-electron chi connectivity index (χ0n) is 47.7. The van der Waals surface area contributed by atoms with Gasteiger partial charge in [0.25, 0.3) is 0 Å². The molecule has 0 radical (unpaired) electrons. The van der Waals surface area contributed by atoms with E-state index in [1.807, 2.05) is 0 Å². The second-order valence-corrected chi connectivity index (χ2v) is 24.3. The van der Waals surface area contributed by atoms with Gasteiger partial charge in [-0.2, -0.15) is 0 Å². The van der Waals surface area contributed by atoms with Crippen molar-refractivity contribution in [2.45, 2.75) is 55.8 Å². The minimum atomic E-state index is 0.144. The van der Waals surface area contributed by atoms with Crippen molar-refractivity contribution < 1.29 is 0 Å². The molecule has 0 bridgehead atoms. The highest BCUT2D eigenvalue weighted by atomic mass is 14.3. The molecular formula is C85H64. The van der Waals surface area contributed by atoms with Crippen LogP contribution in [0.3, 0.4) is 0 Å². The van der Waals surface area contributed by atoms with Crippen molar-refractivity contribution in [2.24, 2.45) is 0 Å². The lowest BCUT2D eigenvalue weighted by molar-refractivity contribution is 0.671. The summed E-state index contributed by atoms with van der Waals surface area (Å²) >= 11 is 0. The lowest BCUT2D eigenvalue weighted by atomic mass is 9.74. The predicted molar refractivity (Wildman–Crippen MR) is 358 cm³/mol. The molecule has 0 fully saturated rings. The van der Waals surface area contributed by atoms with Gasteiger partial charge < -0.3 is 0 Å². The maximum atomic E-state index is 2.55. The van der Waals surface area contributed by atoms with Crippen LogP contribution in [0.2, 0.25) is 0 Å². The van der Waals surface area contributed by atoms with Crippen LogP contribution in [0.15, 0.2) is 303 Å². The molecule has 14 aromatic rings. The summed E-state index contributed by atoms with van der Waals surface area (Å²) in [4.78, 5) is 0. The van der Waals surface area contributed by atoms with Crippen LogP contribution in [0, 0.1) is 0 Å². The fourth-order valence-electron chi connectivity index (χ4n) is 14.7. The van der Waals surface area contributed by atoms with E-state index in [1.165, 1.54) is 143 Å². The summed E-state index contributed by atoms with van der Waals surface area (Å²) in [6.07, 6.45) is 4.87. The summed E-state index contributed by atoms with van der Waals surface area (Å²) in [5.41, 5.74) is 24.5. The summed E-state index contributed by atoms with van der Waals surface area (Å²) < 4.78 is 0. The van der Waals surface area contributed by atoms with Crippen LogP contribution in [0.1, 0.15) is 90.4 Å². The third-order valence-electron chi connectivity index (χ3n) is 19.2. The molecule has 0 saturated carbocycles. The Morgan fingerprint density at radius 1 is 0.271 bits per heavy atom. The van der Waals surface area contributed by atoms with Gasteiger partial charge in [0.2, 0.25) is 0 Å². The van der Waals surface area contributed by atoms with Crippen molar-refractivity contribution in [2.75, 3.05) is 0 Å². The highest BCUT2D eigenvalue weighted by molar-refractivity contribution is 5.99. The van der Waals surface area contributed by atoms with Crippen LogP contribution in [0.25, 0.3) is 76.5 Å². The zero-order chi connectivity index (χ0) is 56.2. The van der Waals surface area contributed by atoms with E-state index in [1.54, 1.807) is 0 Å². The molecule has 0 heterocycles. The normalized spacial score (nSPS) is 15.0. The molecule has 0 saturated heterocycles. The topological polar surface area (TPSA) is 0 Å². The number of rotatable bonds is 12. The highest BCUT2D eigenvalue weighted by Crippen LogP contribution is 2.47. The van der Waals surface area contributed by atoms with Gasteiger partial charge in [-0.05, 0) is 206 Å². The van der Waals surface area contributed by atoms with Crippen LogP contribution in [0.5, 0.6) is 0 Å².